The zero-order valence-corrected chi connectivity index (χ0v) is 17.3. The quantitative estimate of drug-likeness (QED) is 0.374. The van der Waals surface area contributed by atoms with Crippen LogP contribution >= 0.6 is 0 Å². The van der Waals surface area contributed by atoms with Crippen molar-refractivity contribution >= 4 is 28.5 Å². The van der Waals surface area contributed by atoms with Crippen molar-refractivity contribution in [1.82, 2.24) is 35.5 Å². The lowest BCUT2D eigenvalue weighted by atomic mass is 10.1. The van der Waals surface area contributed by atoms with E-state index in [0.717, 1.165) is 22.3 Å². The summed E-state index contributed by atoms with van der Waals surface area (Å²) in [5.41, 5.74) is 4.63. The van der Waals surface area contributed by atoms with Gasteiger partial charge in [0.1, 0.15) is 6.33 Å². The predicted octanol–water partition coefficient (Wildman–Crippen LogP) is 2.57. The molecule has 0 atom stereocenters. The summed E-state index contributed by atoms with van der Waals surface area (Å²) in [5, 5.41) is 19.1. The smallest absolute Gasteiger partial charge is 0.251 e. The average molecular weight is 438 g/mol. The highest BCUT2D eigenvalue weighted by Gasteiger charge is 2.10. The summed E-state index contributed by atoms with van der Waals surface area (Å²) in [6.45, 7) is -0.153. The molecule has 0 bridgehead atoms. The Hall–Kier alpha value is -4.86. The van der Waals surface area contributed by atoms with Crippen LogP contribution in [0.5, 0.6) is 0 Å². The van der Waals surface area contributed by atoms with Gasteiger partial charge in [-0.3, -0.25) is 14.2 Å². The average Bonchev–Trinajstić information content (AvgIpc) is 3.54. The number of hydrogen-bond donors (Lipinski definition) is 3. The lowest BCUT2D eigenvalue weighted by molar-refractivity contribution is -0.115. The van der Waals surface area contributed by atoms with Crippen LogP contribution in [0, 0.1) is 0 Å². The Balaban J connectivity index is 1.17. The number of anilines is 1. The predicted molar refractivity (Wildman–Crippen MR) is 122 cm³/mol. The van der Waals surface area contributed by atoms with Crippen LogP contribution in [0.4, 0.5) is 5.69 Å². The Labute approximate surface area is 187 Å². The van der Waals surface area contributed by atoms with Gasteiger partial charge in [0, 0.05) is 22.5 Å². The first-order chi connectivity index (χ1) is 16.2. The summed E-state index contributed by atoms with van der Waals surface area (Å²) in [4.78, 5) is 29.0. The molecule has 0 aliphatic carbocycles. The van der Waals surface area contributed by atoms with Gasteiger partial charge in [0.05, 0.1) is 17.6 Å². The molecule has 3 aromatic carbocycles. The number of para-hydroxylation sites is 2. The van der Waals surface area contributed by atoms with Gasteiger partial charge < -0.3 is 10.6 Å². The second-order valence-electron chi connectivity index (χ2n) is 7.19. The number of carbonyl (C=O) groups is 2. The van der Waals surface area contributed by atoms with Gasteiger partial charge in [-0.1, -0.05) is 24.3 Å². The van der Waals surface area contributed by atoms with Gasteiger partial charge in [-0.25, -0.2) is 4.98 Å². The largest absolute Gasteiger partial charge is 0.343 e. The van der Waals surface area contributed by atoms with Gasteiger partial charge in [0.2, 0.25) is 11.7 Å². The minimum Gasteiger partial charge on any atom is -0.343 e. The molecule has 162 valence electrons. The molecule has 33 heavy (non-hydrogen) atoms. The van der Waals surface area contributed by atoms with E-state index < -0.39 is 0 Å². The molecular weight excluding hydrogens is 420 g/mol. The monoisotopic (exact) mass is 438 g/mol. The fraction of sp³-hybridized carbons (Fsp3) is 0.0435. The highest BCUT2D eigenvalue weighted by Crippen LogP contribution is 2.19. The molecule has 0 spiro atoms. The van der Waals surface area contributed by atoms with Crippen molar-refractivity contribution in [1.29, 1.82) is 0 Å². The van der Waals surface area contributed by atoms with Crippen molar-refractivity contribution < 1.29 is 9.59 Å². The van der Waals surface area contributed by atoms with Crippen molar-refractivity contribution in [3.05, 3.63) is 84.7 Å². The number of carbonyl (C=O) groups excluding carboxylic acids is 2. The van der Waals surface area contributed by atoms with Gasteiger partial charge in [-0.2, -0.15) is 5.21 Å². The zero-order valence-electron chi connectivity index (χ0n) is 17.3. The van der Waals surface area contributed by atoms with E-state index in [0.29, 0.717) is 17.1 Å². The highest BCUT2D eigenvalue weighted by molar-refractivity contribution is 5.99. The lowest BCUT2D eigenvalue weighted by Crippen LogP contribution is -2.32. The van der Waals surface area contributed by atoms with E-state index in [-0.39, 0.29) is 18.4 Å². The number of aromatic nitrogens is 6. The van der Waals surface area contributed by atoms with E-state index in [1.165, 1.54) is 0 Å². The maximum Gasteiger partial charge on any atom is 0.251 e. The molecule has 10 heteroatoms. The number of fused-ring (bicyclic) bond motifs is 1. The minimum absolute atomic E-state index is 0.153. The number of nitrogens with zero attached hydrogens (tertiary/aromatic N) is 5. The standard InChI is InChI=1S/C23H18N8O2/c32-21(13-24-23(33)16-7-5-15(6-8-16)22-27-29-30-28-22)26-17-9-11-18(12-10-17)31-14-25-19-3-1-2-4-20(19)31/h1-12,14H,13H2,(H,24,33)(H,26,32)(H,27,28,29,30). The third kappa shape index (κ3) is 4.30. The van der Waals surface area contributed by atoms with Crippen LogP contribution in [0.1, 0.15) is 10.4 Å². The van der Waals surface area contributed by atoms with E-state index in [2.05, 4.69) is 36.2 Å². The molecule has 2 amide bonds. The molecule has 5 rings (SSSR count). The van der Waals surface area contributed by atoms with Crippen molar-refractivity contribution in [2.24, 2.45) is 0 Å². The second kappa shape index (κ2) is 8.71. The van der Waals surface area contributed by atoms with E-state index in [1.54, 1.807) is 42.7 Å². The van der Waals surface area contributed by atoms with Crippen molar-refractivity contribution in [3.8, 4) is 17.1 Å². The third-order valence-corrected chi connectivity index (χ3v) is 5.04. The molecule has 0 aliphatic rings. The Morgan fingerprint density at radius 3 is 2.48 bits per heavy atom. The third-order valence-electron chi connectivity index (χ3n) is 5.04. The molecule has 2 aromatic heterocycles. The zero-order chi connectivity index (χ0) is 22.6. The van der Waals surface area contributed by atoms with Gasteiger partial charge in [-0.05, 0) is 53.7 Å². The van der Waals surface area contributed by atoms with Crippen LogP contribution in [-0.4, -0.2) is 48.5 Å². The van der Waals surface area contributed by atoms with E-state index in [4.69, 9.17) is 0 Å². The molecule has 0 saturated carbocycles. The summed E-state index contributed by atoms with van der Waals surface area (Å²) >= 11 is 0. The Kier molecular flexibility index (Phi) is 5.30. The second-order valence-corrected chi connectivity index (χ2v) is 7.19. The molecule has 0 saturated heterocycles. The van der Waals surface area contributed by atoms with Crippen LogP contribution in [0.25, 0.3) is 28.1 Å². The normalized spacial score (nSPS) is 10.8. The Morgan fingerprint density at radius 2 is 1.73 bits per heavy atom. The Bertz CT molecular complexity index is 1410. The van der Waals surface area contributed by atoms with Crippen LogP contribution in [0.15, 0.2) is 79.1 Å². The molecule has 0 aliphatic heterocycles. The van der Waals surface area contributed by atoms with Crippen LogP contribution in [-0.2, 0) is 4.79 Å². The van der Waals surface area contributed by atoms with E-state index >= 15 is 0 Å². The SMILES string of the molecule is O=C(CNC(=O)c1ccc(-c2nn[nH]n2)cc1)Nc1ccc(-n2cnc3ccccc32)cc1. The molecule has 10 nitrogen and oxygen atoms in total. The number of hydrogen-bond acceptors (Lipinski definition) is 6. The maximum absolute atomic E-state index is 12.3. The number of H-pyrrole nitrogens is 1. The number of benzene rings is 3. The summed E-state index contributed by atoms with van der Waals surface area (Å²) < 4.78 is 1.98. The molecule has 3 N–H and O–H groups in total. The number of tetrazole rings is 1. The lowest BCUT2D eigenvalue weighted by Gasteiger charge is -2.09. The van der Waals surface area contributed by atoms with Crippen molar-refractivity contribution in [2.75, 3.05) is 11.9 Å². The number of nitrogens with one attached hydrogen (secondary N) is 3. The molecular formula is C23H18N8O2. The van der Waals surface area contributed by atoms with Gasteiger partial charge in [0.15, 0.2) is 0 Å². The van der Waals surface area contributed by atoms with Crippen LogP contribution in [0.2, 0.25) is 0 Å². The fourth-order valence-corrected chi connectivity index (χ4v) is 3.39. The number of imidazole rings is 1. The van der Waals surface area contributed by atoms with E-state index in [1.807, 2.05) is 41.0 Å². The highest BCUT2D eigenvalue weighted by atomic mass is 16.2. The van der Waals surface area contributed by atoms with E-state index in [9.17, 15) is 9.59 Å². The number of aromatic amines is 1. The molecule has 0 fully saturated rings. The molecule has 5 aromatic rings. The first kappa shape index (κ1) is 20.1. The van der Waals surface area contributed by atoms with Gasteiger partial charge in [0.25, 0.3) is 5.91 Å². The van der Waals surface area contributed by atoms with Crippen LogP contribution < -0.4 is 10.6 Å². The Morgan fingerprint density at radius 1 is 0.939 bits per heavy atom. The summed E-state index contributed by atoms with van der Waals surface area (Å²) in [7, 11) is 0. The maximum atomic E-state index is 12.3. The van der Waals surface area contributed by atoms with Crippen LogP contribution in [0.3, 0.4) is 0 Å². The summed E-state index contributed by atoms with van der Waals surface area (Å²) in [5.74, 6) is -0.242. The summed E-state index contributed by atoms with van der Waals surface area (Å²) in [6, 6.07) is 22.0. The topological polar surface area (TPSA) is 130 Å². The van der Waals surface area contributed by atoms with Gasteiger partial charge in [-0.15, -0.1) is 10.2 Å². The minimum atomic E-state index is -0.354. The first-order valence-electron chi connectivity index (χ1n) is 10.1. The number of rotatable bonds is 6. The fourth-order valence-electron chi connectivity index (χ4n) is 3.39. The molecule has 0 radical (unpaired) electrons. The van der Waals surface area contributed by atoms with Crippen molar-refractivity contribution in [3.63, 3.8) is 0 Å². The number of amides is 2. The van der Waals surface area contributed by atoms with Gasteiger partial charge >= 0.3 is 0 Å². The molecule has 2 heterocycles. The molecule has 0 unspecified atom stereocenters. The first-order valence-corrected chi connectivity index (χ1v) is 10.1. The van der Waals surface area contributed by atoms with Crippen molar-refractivity contribution in [2.45, 2.75) is 0 Å². The summed E-state index contributed by atoms with van der Waals surface area (Å²) in [6.07, 6.45) is 1.77.